The van der Waals surface area contributed by atoms with Crippen LogP contribution in [0.25, 0.3) is 0 Å². The smallest absolute Gasteiger partial charge is 0.211 e. The Morgan fingerprint density at radius 2 is 2.11 bits per heavy atom. The van der Waals surface area contributed by atoms with Crippen molar-refractivity contribution < 1.29 is 8.42 Å². The minimum absolute atomic E-state index is 0.153. The zero-order chi connectivity index (χ0) is 7.33. The molecule has 0 spiro atoms. The first-order chi connectivity index (χ1) is 4.12. The molecule has 3 nitrogen and oxygen atoms in total. The Balaban J connectivity index is 3.61. The van der Waals surface area contributed by atoms with Crippen molar-refractivity contribution in [1.29, 1.82) is 0 Å². The van der Waals surface area contributed by atoms with E-state index in [-0.39, 0.29) is 5.75 Å². The van der Waals surface area contributed by atoms with Gasteiger partial charge in [0.2, 0.25) is 10.0 Å². The van der Waals surface area contributed by atoms with Crippen LogP contribution in [0.5, 0.6) is 0 Å². The molecule has 0 radical (unpaired) electrons. The average Bonchev–Trinajstić information content (AvgIpc) is 1.84. The highest BCUT2D eigenvalue weighted by Gasteiger charge is 2.02. The summed E-state index contributed by atoms with van der Waals surface area (Å²) in [7, 11) is -2.96. The third kappa shape index (κ3) is 4.87. The van der Waals surface area contributed by atoms with Crippen molar-refractivity contribution in [3.05, 3.63) is 0 Å². The van der Waals surface area contributed by atoms with Gasteiger partial charge in [0.15, 0.2) is 0 Å². The van der Waals surface area contributed by atoms with E-state index in [1.807, 2.05) is 0 Å². The minimum atomic E-state index is -2.96. The second kappa shape index (κ2) is 4.24. The summed E-state index contributed by atoms with van der Waals surface area (Å²) in [4.78, 5) is 0. The summed E-state index contributed by atoms with van der Waals surface area (Å²) in [6.45, 7) is 2.08. The maximum Gasteiger partial charge on any atom is 0.211 e. The molecule has 0 unspecified atom stereocenters. The number of hydrogen-bond acceptors (Lipinski definition) is 2. The van der Waals surface area contributed by atoms with Gasteiger partial charge in [0.1, 0.15) is 0 Å². The number of hydrogen-bond donors (Lipinski definition) is 1. The van der Waals surface area contributed by atoms with Crippen molar-refractivity contribution in [2.45, 2.75) is 6.92 Å². The molecular formula is C4H10BrNO2S. The van der Waals surface area contributed by atoms with Gasteiger partial charge in [-0.1, -0.05) is 15.9 Å². The number of alkyl halides is 1. The molecule has 0 aromatic rings. The van der Waals surface area contributed by atoms with Crippen molar-refractivity contribution in [1.82, 2.24) is 4.72 Å². The van der Waals surface area contributed by atoms with Gasteiger partial charge < -0.3 is 0 Å². The fourth-order valence-electron chi connectivity index (χ4n) is 0.296. The zero-order valence-corrected chi connectivity index (χ0v) is 7.63. The molecule has 5 heteroatoms. The van der Waals surface area contributed by atoms with Crippen LogP contribution in [0.4, 0.5) is 0 Å². The van der Waals surface area contributed by atoms with Gasteiger partial charge in [-0.05, 0) is 6.92 Å². The van der Waals surface area contributed by atoms with E-state index in [0.717, 1.165) is 0 Å². The predicted molar refractivity (Wildman–Crippen MR) is 41.3 cm³/mol. The van der Waals surface area contributed by atoms with Gasteiger partial charge in [-0.3, -0.25) is 0 Å². The van der Waals surface area contributed by atoms with Gasteiger partial charge in [-0.25, -0.2) is 13.1 Å². The fourth-order valence-corrected chi connectivity index (χ4v) is 1.37. The van der Waals surface area contributed by atoms with E-state index >= 15 is 0 Å². The highest BCUT2D eigenvalue weighted by atomic mass is 79.9. The Bertz CT molecular complexity index is 154. The van der Waals surface area contributed by atoms with Crippen LogP contribution in [-0.2, 0) is 10.0 Å². The van der Waals surface area contributed by atoms with Crippen LogP contribution in [0.15, 0.2) is 0 Å². The van der Waals surface area contributed by atoms with Crippen molar-refractivity contribution in [2.75, 3.05) is 17.6 Å². The van der Waals surface area contributed by atoms with Crippen molar-refractivity contribution in [3.8, 4) is 0 Å². The molecule has 0 rings (SSSR count). The lowest BCUT2D eigenvalue weighted by molar-refractivity contribution is 0.585. The third-order valence-electron chi connectivity index (χ3n) is 0.797. The zero-order valence-electron chi connectivity index (χ0n) is 5.22. The lowest BCUT2D eigenvalue weighted by Crippen LogP contribution is -2.26. The quantitative estimate of drug-likeness (QED) is 0.688. The lowest BCUT2D eigenvalue weighted by Gasteiger charge is -1.99. The predicted octanol–water partition coefficient (Wildman–Crippen LogP) is 0.321. The largest absolute Gasteiger partial charge is 0.214 e. The molecule has 0 saturated carbocycles. The number of nitrogens with one attached hydrogen (secondary N) is 1. The van der Waals surface area contributed by atoms with Crippen molar-refractivity contribution in [2.24, 2.45) is 0 Å². The molecule has 0 aliphatic heterocycles. The molecule has 0 heterocycles. The van der Waals surface area contributed by atoms with Crippen LogP contribution < -0.4 is 4.72 Å². The van der Waals surface area contributed by atoms with Crippen molar-refractivity contribution in [3.63, 3.8) is 0 Å². The van der Waals surface area contributed by atoms with Gasteiger partial charge in [0, 0.05) is 11.9 Å². The van der Waals surface area contributed by atoms with Crippen molar-refractivity contribution >= 4 is 26.0 Å². The molecule has 0 aromatic carbocycles. The second-order valence-electron chi connectivity index (χ2n) is 1.49. The molecule has 0 aromatic heterocycles. The third-order valence-corrected chi connectivity index (χ3v) is 2.60. The molecule has 0 aliphatic rings. The van der Waals surface area contributed by atoms with E-state index in [4.69, 9.17) is 0 Å². The van der Waals surface area contributed by atoms with Gasteiger partial charge in [-0.2, -0.15) is 0 Å². The second-order valence-corrected chi connectivity index (χ2v) is 4.38. The average molecular weight is 216 g/mol. The summed E-state index contributed by atoms with van der Waals surface area (Å²) >= 11 is 3.10. The first-order valence-corrected chi connectivity index (χ1v) is 5.43. The molecule has 1 N–H and O–H groups in total. The Hall–Kier alpha value is 0.390. The first kappa shape index (κ1) is 9.39. The summed E-state index contributed by atoms with van der Waals surface area (Å²) in [5.41, 5.74) is 0. The van der Waals surface area contributed by atoms with E-state index in [1.54, 1.807) is 6.92 Å². The van der Waals surface area contributed by atoms with Gasteiger partial charge >= 0.3 is 0 Å². The molecule has 0 amide bonds. The number of sulfonamides is 1. The molecule has 56 valence electrons. The Morgan fingerprint density at radius 1 is 1.56 bits per heavy atom. The topological polar surface area (TPSA) is 46.2 Å². The van der Waals surface area contributed by atoms with Crippen LogP contribution in [0.2, 0.25) is 0 Å². The summed E-state index contributed by atoms with van der Waals surface area (Å²) in [5.74, 6) is 0.153. The van der Waals surface area contributed by atoms with E-state index in [9.17, 15) is 8.42 Å². The summed E-state index contributed by atoms with van der Waals surface area (Å²) in [6, 6.07) is 0. The summed E-state index contributed by atoms with van der Waals surface area (Å²) in [6.07, 6.45) is 0. The molecule has 0 atom stereocenters. The molecule has 0 fully saturated rings. The maximum atomic E-state index is 10.6. The normalized spacial score (nSPS) is 11.8. The summed E-state index contributed by atoms with van der Waals surface area (Å²) < 4.78 is 23.6. The number of rotatable bonds is 4. The molecule has 0 bridgehead atoms. The van der Waals surface area contributed by atoms with Crippen LogP contribution >= 0.6 is 15.9 Å². The van der Waals surface area contributed by atoms with E-state index in [2.05, 4.69) is 20.7 Å². The van der Waals surface area contributed by atoms with Crippen LogP contribution in [0, 0.1) is 0 Å². The lowest BCUT2D eigenvalue weighted by atomic mass is 10.8. The monoisotopic (exact) mass is 215 g/mol. The highest BCUT2D eigenvalue weighted by Crippen LogP contribution is 1.82. The number of halogens is 1. The van der Waals surface area contributed by atoms with Crippen LogP contribution in [0.3, 0.4) is 0 Å². The van der Waals surface area contributed by atoms with Gasteiger partial charge in [-0.15, -0.1) is 0 Å². The first-order valence-electron chi connectivity index (χ1n) is 2.65. The van der Waals surface area contributed by atoms with E-state index in [1.165, 1.54) is 0 Å². The SMILES string of the molecule is CCS(=O)(=O)NCCBr. The Kier molecular flexibility index (Phi) is 4.43. The molecule has 9 heavy (non-hydrogen) atoms. The minimum Gasteiger partial charge on any atom is -0.214 e. The van der Waals surface area contributed by atoms with Crippen LogP contribution in [-0.4, -0.2) is 26.0 Å². The molecule has 0 saturated heterocycles. The summed E-state index contributed by atoms with van der Waals surface area (Å²) in [5, 5.41) is 0.659. The van der Waals surface area contributed by atoms with Gasteiger partial charge in [0.25, 0.3) is 0 Å². The standard InChI is InChI=1S/C4H10BrNO2S/c1-2-9(7,8)6-4-3-5/h6H,2-4H2,1H3. The van der Waals surface area contributed by atoms with Crippen LogP contribution in [0.1, 0.15) is 6.92 Å². The Morgan fingerprint density at radius 3 is 2.44 bits per heavy atom. The Labute approximate surface area is 64.0 Å². The van der Waals surface area contributed by atoms with E-state index < -0.39 is 10.0 Å². The molecule has 0 aliphatic carbocycles. The van der Waals surface area contributed by atoms with Gasteiger partial charge in [0.05, 0.1) is 5.75 Å². The molecular weight excluding hydrogens is 206 g/mol. The maximum absolute atomic E-state index is 10.6. The highest BCUT2D eigenvalue weighted by molar-refractivity contribution is 9.09. The fraction of sp³-hybridized carbons (Fsp3) is 1.00. The van der Waals surface area contributed by atoms with E-state index in [0.29, 0.717) is 11.9 Å².